The predicted molar refractivity (Wildman–Crippen MR) is 88.3 cm³/mol. The Hall–Kier alpha value is -1.64. The normalized spacial score (nSPS) is 12.7. The Morgan fingerprint density at radius 3 is 2.65 bits per heavy atom. The van der Waals surface area contributed by atoms with Crippen LogP contribution in [-0.2, 0) is 6.54 Å². The highest BCUT2D eigenvalue weighted by atomic mass is 32.1. The third-order valence-electron chi connectivity index (χ3n) is 3.81. The zero-order valence-corrected chi connectivity index (χ0v) is 12.7. The first-order valence-corrected chi connectivity index (χ1v) is 7.87. The van der Waals surface area contributed by atoms with Crippen LogP contribution < -0.4 is 5.32 Å². The summed E-state index contributed by atoms with van der Waals surface area (Å²) in [5, 5.41) is 7.28. The Kier molecular flexibility index (Phi) is 3.86. The molecule has 0 fully saturated rings. The van der Waals surface area contributed by atoms with Crippen molar-refractivity contribution < 1.29 is 0 Å². The number of thiophene rings is 1. The Bertz CT molecular complexity index is 714. The third kappa shape index (κ3) is 2.62. The molecular formula is C18H19NS. The summed E-state index contributed by atoms with van der Waals surface area (Å²) in [5.41, 5.74) is 4.13. The number of fused-ring (bicyclic) bond motifs is 1. The van der Waals surface area contributed by atoms with Crippen molar-refractivity contribution in [2.24, 2.45) is 0 Å². The van der Waals surface area contributed by atoms with Gasteiger partial charge in [0.2, 0.25) is 0 Å². The van der Waals surface area contributed by atoms with Gasteiger partial charge in [-0.25, -0.2) is 0 Å². The van der Waals surface area contributed by atoms with Crippen LogP contribution in [-0.4, -0.2) is 0 Å². The number of hydrogen-bond acceptors (Lipinski definition) is 2. The molecule has 0 aliphatic heterocycles. The maximum atomic E-state index is 3.64. The molecule has 0 unspecified atom stereocenters. The fourth-order valence-corrected chi connectivity index (χ4v) is 3.58. The molecule has 20 heavy (non-hydrogen) atoms. The monoisotopic (exact) mass is 281 g/mol. The van der Waals surface area contributed by atoms with Crippen molar-refractivity contribution >= 4 is 21.4 Å². The first-order chi connectivity index (χ1) is 9.75. The molecule has 0 aliphatic rings. The maximum absolute atomic E-state index is 3.64. The Labute approximate surface area is 124 Å². The molecule has 3 aromatic rings. The van der Waals surface area contributed by atoms with E-state index in [0.717, 1.165) is 6.54 Å². The van der Waals surface area contributed by atoms with Gasteiger partial charge in [-0.1, -0.05) is 42.5 Å². The van der Waals surface area contributed by atoms with Gasteiger partial charge in [0.1, 0.15) is 0 Å². The molecule has 3 rings (SSSR count). The van der Waals surface area contributed by atoms with E-state index in [0.29, 0.717) is 6.04 Å². The summed E-state index contributed by atoms with van der Waals surface area (Å²) in [6, 6.07) is 17.6. The first kappa shape index (κ1) is 13.3. The molecule has 102 valence electrons. The predicted octanol–water partition coefficient (Wildman–Crippen LogP) is 5.06. The van der Waals surface area contributed by atoms with Crippen molar-refractivity contribution in [1.29, 1.82) is 0 Å². The van der Waals surface area contributed by atoms with Gasteiger partial charge in [-0.3, -0.25) is 0 Å². The van der Waals surface area contributed by atoms with Gasteiger partial charge in [0.15, 0.2) is 0 Å². The van der Waals surface area contributed by atoms with Crippen molar-refractivity contribution in [2.45, 2.75) is 26.4 Å². The molecule has 0 saturated heterocycles. The number of rotatable bonds is 4. The van der Waals surface area contributed by atoms with Gasteiger partial charge in [-0.15, -0.1) is 11.3 Å². The lowest BCUT2D eigenvalue weighted by Crippen LogP contribution is -2.18. The van der Waals surface area contributed by atoms with Crippen molar-refractivity contribution in [3.05, 3.63) is 70.6 Å². The van der Waals surface area contributed by atoms with E-state index in [2.05, 4.69) is 73.1 Å². The largest absolute Gasteiger partial charge is 0.306 e. The lowest BCUT2D eigenvalue weighted by atomic mass is 10.0. The molecule has 0 bridgehead atoms. The van der Waals surface area contributed by atoms with Gasteiger partial charge in [0, 0.05) is 17.3 Å². The molecule has 1 atom stereocenters. The van der Waals surface area contributed by atoms with Crippen LogP contribution in [0.1, 0.15) is 29.7 Å². The number of nitrogens with one attached hydrogen (secondary N) is 1. The SMILES string of the molecule is Cc1ccccc1[C@@H](C)NCc1csc2ccccc12. The van der Waals surface area contributed by atoms with Crippen LogP contribution in [0.5, 0.6) is 0 Å². The van der Waals surface area contributed by atoms with Crippen molar-refractivity contribution in [1.82, 2.24) is 5.32 Å². The molecular weight excluding hydrogens is 262 g/mol. The minimum absolute atomic E-state index is 0.370. The molecule has 1 heterocycles. The van der Waals surface area contributed by atoms with E-state index >= 15 is 0 Å². The summed E-state index contributed by atoms with van der Waals surface area (Å²) in [6.07, 6.45) is 0. The molecule has 2 aromatic carbocycles. The smallest absolute Gasteiger partial charge is 0.0346 e. The second-order valence-electron chi connectivity index (χ2n) is 5.22. The highest BCUT2D eigenvalue weighted by molar-refractivity contribution is 7.17. The topological polar surface area (TPSA) is 12.0 Å². The van der Waals surface area contributed by atoms with E-state index in [1.165, 1.54) is 26.8 Å². The average molecular weight is 281 g/mol. The van der Waals surface area contributed by atoms with Crippen molar-refractivity contribution in [3.63, 3.8) is 0 Å². The van der Waals surface area contributed by atoms with Crippen LogP contribution >= 0.6 is 11.3 Å². The number of aryl methyl sites for hydroxylation is 1. The quantitative estimate of drug-likeness (QED) is 0.704. The molecule has 1 aromatic heterocycles. The summed E-state index contributed by atoms with van der Waals surface area (Å²) >= 11 is 1.82. The van der Waals surface area contributed by atoms with Crippen LogP contribution in [0.3, 0.4) is 0 Å². The van der Waals surface area contributed by atoms with Gasteiger partial charge < -0.3 is 5.32 Å². The van der Waals surface area contributed by atoms with Crippen LogP contribution in [0.2, 0.25) is 0 Å². The summed E-state index contributed by atoms with van der Waals surface area (Å²) < 4.78 is 1.37. The number of benzene rings is 2. The first-order valence-electron chi connectivity index (χ1n) is 7.00. The van der Waals surface area contributed by atoms with Gasteiger partial charge >= 0.3 is 0 Å². The summed E-state index contributed by atoms with van der Waals surface area (Å²) in [5.74, 6) is 0. The highest BCUT2D eigenvalue weighted by Gasteiger charge is 2.09. The van der Waals surface area contributed by atoms with E-state index in [1.807, 2.05) is 11.3 Å². The standard InChI is InChI=1S/C18H19NS/c1-13-7-3-4-8-16(13)14(2)19-11-15-12-20-18-10-6-5-9-17(15)18/h3-10,12,14,19H,11H2,1-2H3/t14-/m1/s1. The highest BCUT2D eigenvalue weighted by Crippen LogP contribution is 2.26. The molecule has 0 aliphatic carbocycles. The molecule has 2 heteroatoms. The Balaban J connectivity index is 1.75. The molecule has 0 amide bonds. The number of hydrogen-bond donors (Lipinski definition) is 1. The lowest BCUT2D eigenvalue weighted by Gasteiger charge is -2.16. The Morgan fingerprint density at radius 2 is 1.80 bits per heavy atom. The Morgan fingerprint density at radius 1 is 1.05 bits per heavy atom. The van der Waals surface area contributed by atoms with E-state index in [4.69, 9.17) is 0 Å². The van der Waals surface area contributed by atoms with Gasteiger partial charge in [0.05, 0.1) is 0 Å². The minimum Gasteiger partial charge on any atom is -0.306 e. The second kappa shape index (κ2) is 5.78. The van der Waals surface area contributed by atoms with E-state index in [9.17, 15) is 0 Å². The summed E-state index contributed by atoms with van der Waals surface area (Å²) in [4.78, 5) is 0. The van der Waals surface area contributed by atoms with Crippen LogP contribution in [0.15, 0.2) is 53.9 Å². The lowest BCUT2D eigenvalue weighted by molar-refractivity contribution is 0.574. The molecule has 1 N–H and O–H groups in total. The maximum Gasteiger partial charge on any atom is 0.0346 e. The van der Waals surface area contributed by atoms with Gasteiger partial charge in [-0.2, -0.15) is 0 Å². The average Bonchev–Trinajstić information content (AvgIpc) is 2.88. The van der Waals surface area contributed by atoms with E-state index in [-0.39, 0.29) is 0 Å². The van der Waals surface area contributed by atoms with E-state index in [1.54, 1.807) is 0 Å². The van der Waals surface area contributed by atoms with Gasteiger partial charge in [-0.05, 0) is 47.4 Å². The fraction of sp³-hybridized carbons (Fsp3) is 0.222. The summed E-state index contributed by atoms with van der Waals surface area (Å²) in [6.45, 7) is 5.32. The van der Waals surface area contributed by atoms with Crippen LogP contribution in [0.25, 0.3) is 10.1 Å². The molecule has 0 radical (unpaired) electrons. The molecule has 1 nitrogen and oxygen atoms in total. The third-order valence-corrected chi connectivity index (χ3v) is 4.83. The molecule has 0 spiro atoms. The fourth-order valence-electron chi connectivity index (χ4n) is 2.62. The van der Waals surface area contributed by atoms with Crippen molar-refractivity contribution in [2.75, 3.05) is 0 Å². The molecule has 0 saturated carbocycles. The summed E-state index contributed by atoms with van der Waals surface area (Å²) in [7, 11) is 0. The van der Waals surface area contributed by atoms with Crippen LogP contribution in [0, 0.1) is 6.92 Å². The zero-order valence-electron chi connectivity index (χ0n) is 11.9. The van der Waals surface area contributed by atoms with E-state index < -0.39 is 0 Å². The van der Waals surface area contributed by atoms with Crippen molar-refractivity contribution in [3.8, 4) is 0 Å². The zero-order chi connectivity index (χ0) is 13.9. The second-order valence-corrected chi connectivity index (χ2v) is 6.13. The minimum atomic E-state index is 0.370. The van der Waals surface area contributed by atoms with Gasteiger partial charge in [0.25, 0.3) is 0 Å². The van der Waals surface area contributed by atoms with Crippen LogP contribution in [0.4, 0.5) is 0 Å².